The SMILES string of the molecule is O=C(O)CCC(NC(=O)OCC1c2ccccc2-c2ccccc21)C(=O)N[C@@H]1C[C@@H]2CCCC[C@@H]21. The molecule has 0 aromatic heterocycles. The fraction of sp³-hybridized carbons (Fsp3) is 0.464. The van der Waals surface area contributed by atoms with Gasteiger partial charge in [0.05, 0.1) is 0 Å². The molecule has 0 saturated heterocycles. The average molecular weight is 477 g/mol. The highest BCUT2D eigenvalue weighted by Crippen LogP contribution is 2.45. The topological polar surface area (TPSA) is 105 Å². The van der Waals surface area contributed by atoms with E-state index < -0.39 is 18.1 Å². The van der Waals surface area contributed by atoms with E-state index in [-0.39, 0.29) is 37.3 Å². The molecule has 2 saturated carbocycles. The van der Waals surface area contributed by atoms with Crippen molar-refractivity contribution < 1.29 is 24.2 Å². The first-order valence-corrected chi connectivity index (χ1v) is 12.6. The summed E-state index contributed by atoms with van der Waals surface area (Å²) in [6.45, 7) is 0.138. The van der Waals surface area contributed by atoms with Crippen LogP contribution in [0.4, 0.5) is 4.79 Å². The van der Waals surface area contributed by atoms with Crippen LogP contribution in [-0.4, -0.2) is 41.8 Å². The number of rotatable bonds is 8. The molecule has 0 radical (unpaired) electrons. The minimum Gasteiger partial charge on any atom is -0.481 e. The second kappa shape index (κ2) is 10.1. The van der Waals surface area contributed by atoms with Gasteiger partial charge in [-0.2, -0.15) is 0 Å². The molecule has 184 valence electrons. The van der Waals surface area contributed by atoms with Gasteiger partial charge in [-0.15, -0.1) is 0 Å². The summed E-state index contributed by atoms with van der Waals surface area (Å²) in [5.41, 5.74) is 4.48. The third-order valence-corrected chi connectivity index (χ3v) is 7.97. The van der Waals surface area contributed by atoms with Gasteiger partial charge in [-0.05, 0) is 53.4 Å². The molecule has 0 heterocycles. The smallest absolute Gasteiger partial charge is 0.407 e. The van der Waals surface area contributed by atoms with Gasteiger partial charge in [0.25, 0.3) is 0 Å². The lowest BCUT2D eigenvalue weighted by Gasteiger charge is -2.48. The summed E-state index contributed by atoms with van der Waals surface area (Å²) in [7, 11) is 0. The molecule has 3 N–H and O–H groups in total. The molecule has 3 aliphatic carbocycles. The summed E-state index contributed by atoms with van der Waals surface area (Å²) < 4.78 is 5.58. The van der Waals surface area contributed by atoms with Crippen LogP contribution in [0, 0.1) is 11.8 Å². The maximum absolute atomic E-state index is 13.0. The van der Waals surface area contributed by atoms with E-state index in [1.807, 2.05) is 36.4 Å². The molecule has 1 unspecified atom stereocenters. The molecular weight excluding hydrogens is 444 g/mol. The zero-order chi connectivity index (χ0) is 24.4. The molecule has 35 heavy (non-hydrogen) atoms. The summed E-state index contributed by atoms with van der Waals surface area (Å²) in [6, 6.07) is 15.3. The Morgan fingerprint density at radius 1 is 0.971 bits per heavy atom. The van der Waals surface area contributed by atoms with Crippen molar-refractivity contribution in [3.63, 3.8) is 0 Å². The van der Waals surface area contributed by atoms with Crippen molar-refractivity contribution in [3.05, 3.63) is 59.7 Å². The molecule has 4 atom stereocenters. The Balaban J connectivity index is 1.21. The summed E-state index contributed by atoms with van der Waals surface area (Å²) in [4.78, 5) is 36.8. The Bertz CT molecular complexity index is 1070. The summed E-state index contributed by atoms with van der Waals surface area (Å²) in [5, 5.41) is 14.8. The molecule has 2 amide bonds. The highest BCUT2D eigenvalue weighted by Gasteiger charge is 2.43. The van der Waals surface area contributed by atoms with Gasteiger partial charge in [-0.25, -0.2) is 4.79 Å². The minimum atomic E-state index is -1.01. The van der Waals surface area contributed by atoms with Crippen molar-refractivity contribution in [1.82, 2.24) is 10.6 Å². The lowest BCUT2D eigenvalue weighted by molar-refractivity contribution is -0.137. The van der Waals surface area contributed by atoms with Crippen LogP contribution in [0.5, 0.6) is 0 Å². The Morgan fingerprint density at radius 2 is 1.63 bits per heavy atom. The summed E-state index contributed by atoms with van der Waals surface area (Å²) in [6.07, 6.45) is 4.85. The van der Waals surface area contributed by atoms with E-state index in [1.165, 1.54) is 19.3 Å². The van der Waals surface area contributed by atoms with Gasteiger partial charge in [0.2, 0.25) is 5.91 Å². The number of amides is 2. The van der Waals surface area contributed by atoms with Crippen LogP contribution in [0.2, 0.25) is 0 Å². The number of benzene rings is 2. The summed E-state index contributed by atoms with van der Waals surface area (Å²) in [5.74, 6) is -0.233. The lowest BCUT2D eigenvalue weighted by Crippen LogP contribution is -2.57. The Labute approximate surface area is 205 Å². The number of hydrogen-bond acceptors (Lipinski definition) is 4. The first-order valence-electron chi connectivity index (χ1n) is 12.6. The van der Waals surface area contributed by atoms with Gasteiger partial charge >= 0.3 is 12.1 Å². The molecule has 2 fully saturated rings. The van der Waals surface area contributed by atoms with Crippen LogP contribution in [0.15, 0.2) is 48.5 Å². The number of carboxylic acids is 1. The first-order chi connectivity index (χ1) is 17.0. The van der Waals surface area contributed by atoms with Crippen LogP contribution in [0.3, 0.4) is 0 Å². The zero-order valence-electron chi connectivity index (χ0n) is 19.7. The third-order valence-electron chi connectivity index (χ3n) is 7.97. The van der Waals surface area contributed by atoms with Crippen molar-refractivity contribution in [3.8, 4) is 11.1 Å². The maximum atomic E-state index is 13.0. The molecule has 2 aromatic carbocycles. The van der Waals surface area contributed by atoms with Crippen molar-refractivity contribution in [2.75, 3.05) is 6.61 Å². The minimum absolute atomic E-state index is 0.0200. The second-order valence-corrected chi connectivity index (χ2v) is 10.0. The van der Waals surface area contributed by atoms with Crippen molar-refractivity contribution in [2.45, 2.75) is 62.9 Å². The highest BCUT2D eigenvalue weighted by atomic mass is 16.5. The fourth-order valence-electron chi connectivity index (χ4n) is 6.13. The standard InChI is InChI=1S/C28H32N2O5/c31-26(32)14-13-24(27(33)29-25-15-17-7-1-2-8-18(17)25)30-28(34)35-16-23-21-11-5-3-9-19(21)20-10-4-6-12-22(20)23/h3-6,9-12,17-18,23-25H,1-2,7-8,13-16H2,(H,29,33)(H,30,34)(H,31,32)/t17-,18-,24?,25+/m0/s1. The number of nitrogens with one attached hydrogen (secondary N) is 2. The molecule has 2 aromatic rings. The summed E-state index contributed by atoms with van der Waals surface area (Å²) >= 11 is 0. The highest BCUT2D eigenvalue weighted by molar-refractivity contribution is 5.86. The number of carbonyl (C=O) groups is 3. The number of hydrogen-bond donors (Lipinski definition) is 3. The molecule has 3 aliphatic rings. The van der Waals surface area contributed by atoms with E-state index in [4.69, 9.17) is 9.84 Å². The normalized spacial score (nSPS) is 23.1. The molecule has 7 nitrogen and oxygen atoms in total. The Hall–Kier alpha value is -3.35. The van der Waals surface area contributed by atoms with E-state index in [1.54, 1.807) is 0 Å². The van der Waals surface area contributed by atoms with E-state index >= 15 is 0 Å². The van der Waals surface area contributed by atoms with E-state index in [2.05, 4.69) is 22.8 Å². The lowest BCUT2D eigenvalue weighted by atomic mass is 9.62. The number of fused-ring (bicyclic) bond motifs is 4. The van der Waals surface area contributed by atoms with E-state index in [0.717, 1.165) is 35.1 Å². The van der Waals surface area contributed by atoms with Crippen LogP contribution in [0.25, 0.3) is 11.1 Å². The van der Waals surface area contributed by atoms with Gasteiger partial charge in [0, 0.05) is 18.4 Å². The maximum Gasteiger partial charge on any atom is 0.407 e. The van der Waals surface area contributed by atoms with Crippen LogP contribution >= 0.6 is 0 Å². The van der Waals surface area contributed by atoms with Crippen LogP contribution < -0.4 is 10.6 Å². The quantitative estimate of drug-likeness (QED) is 0.522. The molecule has 0 aliphatic heterocycles. The Morgan fingerprint density at radius 3 is 2.29 bits per heavy atom. The number of alkyl carbamates (subject to hydrolysis) is 1. The van der Waals surface area contributed by atoms with Gasteiger partial charge in [-0.1, -0.05) is 67.8 Å². The molecule has 0 bridgehead atoms. The number of aliphatic carboxylic acids is 1. The number of carboxylic acid groups (broad SMARTS) is 1. The molecule has 7 heteroatoms. The van der Waals surface area contributed by atoms with Crippen LogP contribution in [-0.2, 0) is 14.3 Å². The number of carbonyl (C=O) groups excluding carboxylic acids is 2. The largest absolute Gasteiger partial charge is 0.481 e. The zero-order valence-corrected chi connectivity index (χ0v) is 19.7. The monoisotopic (exact) mass is 476 g/mol. The van der Waals surface area contributed by atoms with E-state index in [0.29, 0.717) is 11.8 Å². The van der Waals surface area contributed by atoms with E-state index in [9.17, 15) is 14.4 Å². The van der Waals surface area contributed by atoms with Crippen molar-refractivity contribution in [1.29, 1.82) is 0 Å². The molecule has 0 spiro atoms. The Kier molecular flexibility index (Phi) is 6.75. The molecule has 5 rings (SSSR count). The predicted molar refractivity (Wildman–Crippen MR) is 131 cm³/mol. The number of ether oxygens (including phenoxy) is 1. The predicted octanol–water partition coefficient (Wildman–Crippen LogP) is 4.45. The van der Waals surface area contributed by atoms with Gasteiger partial charge in [0.15, 0.2) is 0 Å². The molecular formula is C28H32N2O5. The fourth-order valence-corrected chi connectivity index (χ4v) is 6.13. The van der Waals surface area contributed by atoms with Gasteiger partial charge in [-0.3, -0.25) is 9.59 Å². The van der Waals surface area contributed by atoms with Gasteiger partial charge < -0.3 is 20.5 Å². The average Bonchev–Trinajstić information content (AvgIpc) is 3.17. The third kappa shape index (κ3) is 4.90. The van der Waals surface area contributed by atoms with Crippen molar-refractivity contribution >= 4 is 18.0 Å². The second-order valence-electron chi connectivity index (χ2n) is 10.0. The first kappa shape index (κ1) is 23.4. The van der Waals surface area contributed by atoms with Crippen molar-refractivity contribution in [2.24, 2.45) is 11.8 Å². The van der Waals surface area contributed by atoms with Gasteiger partial charge in [0.1, 0.15) is 12.6 Å². The van der Waals surface area contributed by atoms with Crippen LogP contribution in [0.1, 0.15) is 62.0 Å².